The van der Waals surface area contributed by atoms with Crippen LogP contribution >= 0.6 is 11.8 Å². The normalized spacial score (nSPS) is 10.0. The lowest BCUT2D eigenvalue weighted by atomic mass is 10.4. The Morgan fingerprint density at radius 2 is 2.31 bits per heavy atom. The molecule has 0 radical (unpaired) electrons. The van der Waals surface area contributed by atoms with Crippen molar-refractivity contribution < 1.29 is 18.3 Å². The number of esters is 1. The van der Waals surface area contributed by atoms with Crippen LogP contribution in [-0.4, -0.2) is 23.8 Å². The Labute approximate surface area is 94.3 Å². The van der Waals surface area contributed by atoms with Crippen molar-refractivity contribution in [3.63, 3.8) is 0 Å². The highest BCUT2D eigenvalue weighted by Crippen LogP contribution is 2.23. The number of anilines is 1. The summed E-state index contributed by atoms with van der Waals surface area (Å²) in [4.78, 5) is 14.4. The Morgan fingerprint density at radius 3 is 2.88 bits per heavy atom. The van der Waals surface area contributed by atoms with E-state index >= 15 is 0 Å². The Kier molecular flexibility index (Phi) is 4.44. The summed E-state index contributed by atoms with van der Waals surface area (Å²) in [7, 11) is 1.21. The Balaban J connectivity index is 2.83. The highest BCUT2D eigenvalue weighted by molar-refractivity contribution is 7.99. The van der Waals surface area contributed by atoms with Gasteiger partial charge in [-0.1, -0.05) is 11.8 Å². The fraction of sp³-hybridized carbons (Fsp3) is 0.250. The lowest BCUT2D eigenvalue weighted by Gasteiger charge is -2.05. The van der Waals surface area contributed by atoms with Crippen molar-refractivity contribution in [3.05, 3.63) is 17.7 Å². The molecular formula is C8H9F2N3O2S. The smallest absolute Gasteiger partial charge is 0.316 e. The van der Waals surface area contributed by atoms with Gasteiger partial charge in [0.1, 0.15) is 5.03 Å². The first-order valence-corrected chi connectivity index (χ1v) is 5.09. The molecule has 88 valence electrons. The third-order valence-corrected chi connectivity index (χ3v) is 2.53. The summed E-state index contributed by atoms with van der Waals surface area (Å²) >= 11 is 0.795. The van der Waals surface area contributed by atoms with Crippen molar-refractivity contribution in [2.24, 2.45) is 5.84 Å². The van der Waals surface area contributed by atoms with Crippen LogP contribution < -0.4 is 11.3 Å². The number of hydrogen-bond acceptors (Lipinski definition) is 6. The number of nitrogen functional groups attached to an aromatic ring is 1. The van der Waals surface area contributed by atoms with E-state index in [0.29, 0.717) is 6.07 Å². The SMILES string of the molecule is COC(=O)CSc1nc(NN)c(F)cc1F. The van der Waals surface area contributed by atoms with Crippen LogP contribution in [0.5, 0.6) is 0 Å². The minimum Gasteiger partial charge on any atom is -0.468 e. The van der Waals surface area contributed by atoms with Gasteiger partial charge in [0.2, 0.25) is 0 Å². The average Bonchev–Trinajstić information content (AvgIpc) is 2.27. The maximum atomic E-state index is 13.2. The molecule has 1 heterocycles. The highest BCUT2D eigenvalue weighted by Gasteiger charge is 2.13. The molecule has 8 heteroatoms. The summed E-state index contributed by atoms with van der Waals surface area (Å²) in [5.41, 5.74) is 1.98. The summed E-state index contributed by atoms with van der Waals surface area (Å²) in [6, 6.07) is 0.641. The molecule has 3 N–H and O–H groups in total. The van der Waals surface area contributed by atoms with Gasteiger partial charge >= 0.3 is 5.97 Å². The molecule has 0 saturated carbocycles. The van der Waals surface area contributed by atoms with Crippen LogP contribution in [0, 0.1) is 11.6 Å². The molecule has 0 fully saturated rings. The number of nitrogens with two attached hydrogens (primary N) is 1. The molecule has 0 aliphatic carbocycles. The number of hydrogen-bond donors (Lipinski definition) is 2. The molecule has 0 unspecified atom stereocenters. The summed E-state index contributed by atoms with van der Waals surface area (Å²) in [6.07, 6.45) is 0. The van der Waals surface area contributed by atoms with Crippen LogP contribution in [0.3, 0.4) is 0 Å². The van der Waals surface area contributed by atoms with E-state index in [9.17, 15) is 13.6 Å². The van der Waals surface area contributed by atoms with E-state index in [-0.39, 0.29) is 16.6 Å². The molecule has 1 rings (SSSR count). The molecule has 0 atom stereocenters. The molecule has 1 aromatic rings. The largest absolute Gasteiger partial charge is 0.468 e. The number of nitrogens with zero attached hydrogens (tertiary/aromatic N) is 1. The summed E-state index contributed by atoms with van der Waals surface area (Å²) < 4.78 is 30.5. The van der Waals surface area contributed by atoms with Gasteiger partial charge in [0.05, 0.1) is 12.9 Å². The molecular weight excluding hydrogens is 240 g/mol. The molecule has 0 aliphatic heterocycles. The fourth-order valence-corrected chi connectivity index (χ4v) is 1.56. The van der Waals surface area contributed by atoms with Crippen LogP contribution in [0.2, 0.25) is 0 Å². The van der Waals surface area contributed by atoms with Gasteiger partial charge in [-0.15, -0.1) is 0 Å². The van der Waals surface area contributed by atoms with Crippen molar-refractivity contribution in [1.29, 1.82) is 0 Å². The number of halogens is 2. The standard InChI is InChI=1S/C8H9F2N3O2S/c1-15-6(14)3-16-8-5(10)2-4(9)7(12-8)13-11/h2H,3,11H2,1H3,(H,12,13). The number of pyridine rings is 1. The van der Waals surface area contributed by atoms with Gasteiger partial charge in [-0.3, -0.25) is 4.79 Å². The van der Waals surface area contributed by atoms with E-state index in [1.165, 1.54) is 7.11 Å². The van der Waals surface area contributed by atoms with Gasteiger partial charge in [-0.05, 0) is 0 Å². The molecule has 0 spiro atoms. The van der Waals surface area contributed by atoms with Gasteiger partial charge < -0.3 is 10.2 Å². The minimum atomic E-state index is -0.901. The molecule has 0 aromatic carbocycles. The van der Waals surface area contributed by atoms with Crippen molar-refractivity contribution in [1.82, 2.24) is 4.98 Å². The Morgan fingerprint density at radius 1 is 1.62 bits per heavy atom. The molecule has 0 bridgehead atoms. The third kappa shape index (κ3) is 3.04. The van der Waals surface area contributed by atoms with E-state index in [0.717, 1.165) is 11.8 Å². The van der Waals surface area contributed by atoms with Crippen molar-refractivity contribution in [2.75, 3.05) is 18.3 Å². The van der Waals surface area contributed by atoms with E-state index in [1.54, 1.807) is 0 Å². The van der Waals surface area contributed by atoms with Crippen molar-refractivity contribution in [3.8, 4) is 0 Å². The summed E-state index contributed by atoms with van der Waals surface area (Å²) in [5.74, 6) is 2.29. The second kappa shape index (κ2) is 5.61. The average molecular weight is 249 g/mol. The first kappa shape index (κ1) is 12.7. The molecule has 0 amide bonds. The zero-order valence-electron chi connectivity index (χ0n) is 8.29. The quantitative estimate of drug-likeness (QED) is 0.357. The van der Waals surface area contributed by atoms with Crippen LogP contribution in [0.1, 0.15) is 0 Å². The van der Waals surface area contributed by atoms with Crippen LogP contribution in [-0.2, 0) is 9.53 Å². The first-order chi connectivity index (χ1) is 7.58. The number of aromatic nitrogens is 1. The molecule has 16 heavy (non-hydrogen) atoms. The van der Waals surface area contributed by atoms with Gasteiger partial charge in [-0.2, -0.15) is 0 Å². The summed E-state index contributed by atoms with van der Waals surface area (Å²) in [6.45, 7) is 0. The fourth-order valence-electron chi connectivity index (χ4n) is 0.838. The topological polar surface area (TPSA) is 77.2 Å². The monoisotopic (exact) mass is 249 g/mol. The number of hydrazine groups is 1. The van der Waals surface area contributed by atoms with Gasteiger partial charge in [0.15, 0.2) is 17.5 Å². The van der Waals surface area contributed by atoms with E-state index in [1.807, 2.05) is 5.43 Å². The van der Waals surface area contributed by atoms with Gasteiger partial charge in [0, 0.05) is 6.07 Å². The maximum Gasteiger partial charge on any atom is 0.316 e. The molecule has 0 saturated heterocycles. The number of ether oxygens (including phenoxy) is 1. The number of methoxy groups -OCH3 is 1. The van der Waals surface area contributed by atoms with Crippen molar-refractivity contribution in [2.45, 2.75) is 5.03 Å². The Hall–Kier alpha value is -1.41. The second-order valence-electron chi connectivity index (χ2n) is 2.61. The van der Waals surface area contributed by atoms with E-state index in [2.05, 4.69) is 9.72 Å². The lowest BCUT2D eigenvalue weighted by Crippen LogP contribution is -2.12. The number of thioether (sulfide) groups is 1. The lowest BCUT2D eigenvalue weighted by molar-refractivity contribution is -0.137. The third-order valence-electron chi connectivity index (χ3n) is 1.59. The first-order valence-electron chi connectivity index (χ1n) is 4.10. The van der Waals surface area contributed by atoms with E-state index < -0.39 is 17.6 Å². The predicted octanol–water partition coefficient (Wildman–Crippen LogP) is 0.911. The molecule has 0 aliphatic rings. The number of carbonyl (C=O) groups excluding carboxylic acids is 1. The minimum absolute atomic E-state index is 0.115. The molecule has 1 aromatic heterocycles. The number of carbonyl (C=O) groups is 1. The maximum absolute atomic E-state index is 13.2. The van der Waals surface area contributed by atoms with Gasteiger partial charge in [0.25, 0.3) is 0 Å². The van der Waals surface area contributed by atoms with E-state index in [4.69, 9.17) is 5.84 Å². The predicted molar refractivity (Wildman–Crippen MR) is 54.7 cm³/mol. The number of nitrogens with one attached hydrogen (secondary N) is 1. The molecule has 5 nitrogen and oxygen atoms in total. The van der Waals surface area contributed by atoms with Crippen LogP contribution in [0.15, 0.2) is 11.1 Å². The van der Waals surface area contributed by atoms with Crippen molar-refractivity contribution >= 4 is 23.5 Å². The zero-order chi connectivity index (χ0) is 12.1. The van der Waals surface area contributed by atoms with Crippen LogP contribution in [0.4, 0.5) is 14.6 Å². The number of rotatable bonds is 4. The second-order valence-corrected chi connectivity index (χ2v) is 3.58. The van der Waals surface area contributed by atoms with Crippen LogP contribution in [0.25, 0.3) is 0 Å². The summed E-state index contributed by atoms with van der Waals surface area (Å²) in [5, 5.41) is -0.125. The highest BCUT2D eigenvalue weighted by atomic mass is 32.2. The Bertz CT molecular complexity index is 403. The zero-order valence-corrected chi connectivity index (χ0v) is 9.11. The van der Waals surface area contributed by atoms with Gasteiger partial charge in [-0.25, -0.2) is 19.6 Å².